The van der Waals surface area contributed by atoms with E-state index in [1.807, 2.05) is 30.9 Å². The Balaban J connectivity index is 1.35. The summed E-state index contributed by atoms with van der Waals surface area (Å²) in [4.78, 5) is 29.4. The summed E-state index contributed by atoms with van der Waals surface area (Å²) in [5, 5.41) is 0. The highest BCUT2D eigenvalue weighted by Crippen LogP contribution is 2.43. The Labute approximate surface area is 296 Å². The molecule has 7 heteroatoms. The Kier molecular flexibility index (Phi) is 7.81. The maximum absolute atomic E-state index is 5.29. The molecule has 5 heterocycles. The van der Waals surface area contributed by atoms with E-state index in [9.17, 15) is 0 Å². The van der Waals surface area contributed by atoms with Gasteiger partial charge in [-0.25, -0.2) is 4.98 Å². The third-order valence-electron chi connectivity index (χ3n) is 11.3. The van der Waals surface area contributed by atoms with Gasteiger partial charge in [-0.15, -0.1) is 0 Å². The molecule has 50 heavy (non-hydrogen) atoms. The van der Waals surface area contributed by atoms with Crippen LogP contribution in [0.4, 0.5) is 11.4 Å². The lowest BCUT2D eigenvalue weighted by atomic mass is 9.83. The topological polar surface area (TPSA) is 69.9 Å². The third-order valence-corrected chi connectivity index (χ3v) is 11.3. The Hall–Kier alpha value is -5.17. The van der Waals surface area contributed by atoms with Gasteiger partial charge in [0.05, 0.1) is 57.3 Å². The molecule has 0 radical (unpaired) electrons. The summed E-state index contributed by atoms with van der Waals surface area (Å²) in [5.41, 5.74) is 9.16. The second-order valence-electron chi connectivity index (χ2n) is 15.7. The first kappa shape index (κ1) is 33.3. The summed E-state index contributed by atoms with van der Waals surface area (Å²) in [6.07, 6.45) is 7.66. The van der Waals surface area contributed by atoms with Crippen molar-refractivity contribution in [3.05, 3.63) is 104 Å². The first-order chi connectivity index (χ1) is 23.6. The quantitative estimate of drug-likeness (QED) is 0.181. The normalized spacial score (nSPS) is 18.6. The lowest BCUT2D eigenvalue weighted by Gasteiger charge is -2.41. The zero-order chi connectivity index (χ0) is 35.6. The summed E-state index contributed by atoms with van der Waals surface area (Å²) in [6.45, 7) is 21.9. The first-order valence-corrected chi connectivity index (χ1v) is 17.4. The van der Waals surface area contributed by atoms with Crippen LogP contribution in [-0.4, -0.2) is 48.8 Å². The maximum atomic E-state index is 5.29. The molecular weight excluding hydrogens is 615 g/mol. The molecule has 2 aliphatic rings. The fourth-order valence-electron chi connectivity index (χ4n) is 7.42. The number of rotatable bonds is 6. The number of anilines is 2. The van der Waals surface area contributed by atoms with Crippen LogP contribution < -0.4 is 9.80 Å². The van der Waals surface area contributed by atoms with Crippen molar-refractivity contribution in [3.8, 4) is 44.8 Å². The van der Waals surface area contributed by atoms with E-state index in [0.717, 1.165) is 56.7 Å². The molecule has 0 fully saturated rings. The Bertz CT molecular complexity index is 2030. The van der Waals surface area contributed by atoms with Crippen molar-refractivity contribution in [2.45, 2.75) is 91.4 Å². The SMILES string of the molecule is CC1=NC(C)(C)C(C)(C)N1c1cncc(-c2cc(-c3ccc(-c4ccccc4)cc3)cc(-c3cncc(N4C(C)=NC(C)(C)C4(C)C)c3)n2)c1. The molecule has 0 spiro atoms. The van der Waals surface area contributed by atoms with E-state index in [2.05, 4.69) is 152 Å². The molecule has 2 aliphatic heterocycles. The average Bonchev–Trinajstić information content (AvgIpc) is 3.36. The molecule has 0 atom stereocenters. The van der Waals surface area contributed by atoms with Crippen molar-refractivity contribution < 1.29 is 0 Å². The Morgan fingerprint density at radius 1 is 0.440 bits per heavy atom. The van der Waals surface area contributed by atoms with Gasteiger partial charge in [-0.3, -0.25) is 20.0 Å². The highest BCUT2D eigenvalue weighted by atomic mass is 15.3. The van der Waals surface area contributed by atoms with Crippen LogP contribution >= 0.6 is 0 Å². The fraction of sp³-hybridized carbons (Fsp3) is 0.326. The zero-order valence-corrected chi connectivity index (χ0v) is 30.9. The lowest BCUT2D eigenvalue weighted by molar-refractivity contribution is 0.338. The van der Waals surface area contributed by atoms with E-state index in [0.29, 0.717) is 0 Å². The molecule has 5 aromatic rings. The van der Waals surface area contributed by atoms with Gasteiger partial charge in [-0.1, -0.05) is 54.6 Å². The summed E-state index contributed by atoms with van der Waals surface area (Å²) < 4.78 is 0. The van der Waals surface area contributed by atoms with Gasteiger partial charge in [0.2, 0.25) is 0 Å². The lowest BCUT2D eigenvalue weighted by Crippen LogP contribution is -2.53. The number of nitrogens with zero attached hydrogens (tertiary/aromatic N) is 7. The minimum atomic E-state index is -0.245. The van der Waals surface area contributed by atoms with Gasteiger partial charge < -0.3 is 9.80 Å². The van der Waals surface area contributed by atoms with Gasteiger partial charge in [0.15, 0.2) is 0 Å². The van der Waals surface area contributed by atoms with Gasteiger partial charge >= 0.3 is 0 Å². The largest absolute Gasteiger partial charge is 0.321 e. The summed E-state index contributed by atoms with van der Waals surface area (Å²) in [7, 11) is 0. The number of hydrogen-bond acceptors (Lipinski definition) is 7. The van der Waals surface area contributed by atoms with Gasteiger partial charge in [0.1, 0.15) is 11.7 Å². The van der Waals surface area contributed by atoms with E-state index in [4.69, 9.17) is 24.9 Å². The standard InChI is InChI=1S/C43H47N7/c1-28-47-40(3,4)42(7,8)49(28)36-20-34(24-44-26-36)38-22-33(32-18-16-31(17-19-32)30-14-12-11-13-15-30)23-39(46-38)35-21-37(27-45-25-35)50-29(2)48-41(5,6)43(50,9)10/h11-27H,1-10H3. The molecule has 0 unspecified atom stereocenters. The first-order valence-electron chi connectivity index (χ1n) is 17.4. The predicted octanol–water partition coefficient (Wildman–Crippen LogP) is 10.1. The molecule has 0 amide bonds. The van der Waals surface area contributed by atoms with Crippen molar-refractivity contribution >= 4 is 23.0 Å². The number of benzene rings is 2. The summed E-state index contributed by atoms with van der Waals surface area (Å²) >= 11 is 0. The monoisotopic (exact) mass is 661 g/mol. The molecule has 7 nitrogen and oxygen atoms in total. The van der Waals surface area contributed by atoms with Crippen molar-refractivity contribution in [3.63, 3.8) is 0 Å². The second kappa shape index (κ2) is 11.7. The smallest absolute Gasteiger partial charge is 0.102 e. The molecule has 0 N–H and O–H groups in total. The minimum Gasteiger partial charge on any atom is -0.321 e. The van der Waals surface area contributed by atoms with Crippen molar-refractivity contribution in [1.82, 2.24) is 15.0 Å². The molecule has 0 saturated carbocycles. The van der Waals surface area contributed by atoms with Gasteiger partial charge in [0.25, 0.3) is 0 Å². The number of pyridine rings is 3. The highest BCUT2D eigenvalue weighted by Gasteiger charge is 2.49. The number of amidine groups is 2. The average molecular weight is 662 g/mol. The zero-order valence-electron chi connectivity index (χ0n) is 30.9. The van der Waals surface area contributed by atoms with E-state index in [1.54, 1.807) is 0 Å². The molecule has 3 aromatic heterocycles. The molecule has 0 aliphatic carbocycles. The molecule has 2 aromatic carbocycles. The predicted molar refractivity (Wildman–Crippen MR) is 209 cm³/mol. The van der Waals surface area contributed by atoms with Crippen LogP contribution in [0.5, 0.6) is 0 Å². The molecule has 7 rings (SSSR count). The van der Waals surface area contributed by atoms with Crippen LogP contribution in [-0.2, 0) is 0 Å². The fourth-order valence-corrected chi connectivity index (χ4v) is 7.42. The highest BCUT2D eigenvalue weighted by molar-refractivity contribution is 6.01. The third kappa shape index (κ3) is 5.49. The van der Waals surface area contributed by atoms with Crippen LogP contribution in [0, 0.1) is 0 Å². The van der Waals surface area contributed by atoms with Crippen LogP contribution in [0.25, 0.3) is 44.8 Å². The van der Waals surface area contributed by atoms with Crippen LogP contribution in [0.3, 0.4) is 0 Å². The molecule has 0 saturated heterocycles. The summed E-state index contributed by atoms with van der Waals surface area (Å²) in [6, 6.07) is 27.9. The van der Waals surface area contributed by atoms with Gasteiger partial charge in [0, 0.05) is 23.5 Å². The van der Waals surface area contributed by atoms with Crippen LogP contribution in [0.2, 0.25) is 0 Å². The van der Waals surface area contributed by atoms with Crippen molar-refractivity contribution in [2.24, 2.45) is 9.98 Å². The van der Waals surface area contributed by atoms with Crippen molar-refractivity contribution in [2.75, 3.05) is 9.80 Å². The van der Waals surface area contributed by atoms with Crippen LogP contribution in [0.15, 0.2) is 114 Å². The summed E-state index contributed by atoms with van der Waals surface area (Å²) in [5.74, 6) is 1.96. The molecule has 0 bridgehead atoms. The van der Waals surface area contributed by atoms with Crippen molar-refractivity contribution in [1.29, 1.82) is 0 Å². The van der Waals surface area contributed by atoms with E-state index in [1.165, 1.54) is 11.1 Å². The molecule has 254 valence electrons. The Morgan fingerprint density at radius 3 is 1.24 bits per heavy atom. The van der Waals surface area contributed by atoms with Gasteiger partial charge in [-0.2, -0.15) is 0 Å². The number of hydrogen-bond donors (Lipinski definition) is 0. The second-order valence-corrected chi connectivity index (χ2v) is 15.7. The van der Waals surface area contributed by atoms with Gasteiger partial charge in [-0.05, 0) is 116 Å². The number of aromatic nitrogens is 3. The maximum Gasteiger partial charge on any atom is 0.102 e. The number of aliphatic imine (C=N–C) groups is 2. The minimum absolute atomic E-state index is 0.232. The van der Waals surface area contributed by atoms with E-state index >= 15 is 0 Å². The Morgan fingerprint density at radius 2 is 0.840 bits per heavy atom. The van der Waals surface area contributed by atoms with E-state index < -0.39 is 0 Å². The molecular formula is C43H47N7. The van der Waals surface area contributed by atoms with E-state index in [-0.39, 0.29) is 22.2 Å². The van der Waals surface area contributed by atoms with Crippen LogP contribution in [0.1, 0.15) is 69.2 Å².